The number of hydrogen-bond donors (Lipinski definition) is 2. The van der Waals surface area contributed by atoms with E-state index in [1.165, 1.54) is 5.23 Å². The SMILES string of the molecule is O=C(CCc1cccc2c3nc4nc(nc5[nH]c(nc6nc(nc([nH]3)c12)-c1ccccc1-6)c1ccccc51)-c1ccccc1-4)ON(Cc1ccccc1)Oc1ccccc1.[Zn]. The molecule has 0 unspecified atom stereocenters. The third-order valence-electron chi connectivity index (χ3n) is 10.6. The quantitative estimate of drug-likeness (QED) is 0.112. The minimum absolute atomic E-state index is 0. The van der Waals surface area contributed by atoms with Crippen LogP contribution in [0.15, 0.2) is 152 Å². The van der Waals surface area contributed by atoms with Crippen LogP contribution in [0.1, 0.15) is 17.5 Å². The number of benzene rings is 6. The van der Waals surface area contributed by atoms with E-state index in [9.17, 15) is 4.79 Å². The first kappa shape index (κ1) is 37.8. The van der Waals surface area contributed by atoms with E-state index in [0.717, 1.165) is 54.9 Å². The number of hydrogen-bond acceptors (Lipinski definition) is 10. The van der Waals surface area contributed by atoms with Crippen LogP contribution in [0.3, 0.4) is 0 Å². The normalized spacial score (nSPS) is 11.6. The van der Waals surface area contributed by atoms with Crippen molar-refractivity contribution in [3.63, 3.8) is 0 Å². The Morgan fingerprint density at radius 3 is 1.52 bits per heavy atom. The Bertz CT molecular complexity index is 3250. The number of hydroxylamine groups is 2. The van der Waals surface area contributed by atoms with Crippen LogP contribution in [0.4, 0.5) is 0 Å². The number of aromatic nitrogens is 8. The number of aromatic amines is 2. The number of H-pyrrole nitrogens is 2. The summed E-state index contributed by atoms with van der Waals surface area (Å²) in [6.45, 7) is 0.234. The third-order valence-corrected chi connectivity index (χ3v) is 10.6. The maximum Gasteiger partial charge on any atom is 0.329 e. The van der Waals surface area contributed by atoms with Crippen molar-refractivity contribution in [3.8, 4) is 51.3 Å². The van der Waals surface area contributed by atoms with E-state index in [-0.39, 0.29) is 32.4 Å². The van der Waals surface area contributed by atoms with Crippen LogP contribution in [0.2, 0.25) is 0 Å². The van der Waals surface area contributed by atoms with Crippen LogP contribution in [-0.4, -0.2) is 51.1 Å². The summed E-state index contributed by atoms with van der Waals surface area (Å²) in [7, 11) is 0. The number of aryl methyl sites for hydroxylation is 1. The molecule has 13 heteroatoms. The molecule has 9 aromatic rings. The first-order chi connectivity index (χ1) is 29.6. The molecule has 12 nitrogen and oxygen atoms in total. The summed E-state index contributed by atoms with van der Waals surface area (Å²) < 4.78 is 0. The molecule has 2 N–H and O–H groups in total. The van der Waals surface area contributed by atoms with Gasteiger partial charge in [0.05, 0.1) is 13.0 Å². The molecule has 5 heterocycles. The Labute approximate surface area is 361 Å². The summed E-state index contributed by atoms with van der Waals surface area (Å²) in [5, 5.41) is 4.66. The van der Waals surface area contributed by atoms with Gasteiger partial charge in [0.15, 0.2) is 29.0 Å². The number of carbonyl (C=O) groups excluding carboxylic acids is 1. The maximum absolute atomic E-state index is 13.6. The Hall–Kier alpha value is -7.47. The van der Waals surface area contributed by atoms with Gasteiger partial charge in [0.25, 0.3) is 0 Å². The molecule has 0 aliphatic carbocycles. The molecule has 2 aliphatic heterocycles. The van der Waals surface area contributed by atoms with E-state index in [0.29, 0.717) is 58.1 Å². The fraction of sp³-hybridized carbons (Fsp3) is 0.0625. The van der Waals surface area contributed by atoms with Crippen molar-refractivity contribution in [1.82, 2.24) is 45.1 Å². The molecule has 8 bridgehead atoms. The second-order valence-corrected chi connectivity index (χ2v) is 14.4. The van der Waals surface area contributed by atoms with Gasteiger partial charge in [-0.15, -0.1) is 0 Å². The topological polar surface area (TPSA) is 148 Å². The van der Waals surface area contributed by atoms with Gasteiger partial charge in [0.1, 0.15) is 22.6 Å². The van der Waals surface area contributed by atoms with Crippen LogP contribution in [0.25, 0.3) is 89.7 Å². The van der Waals surface area contributed by atoms with Crippen molar-refractivity contribution in [2.75, 3.05) is 0 Å². The van der Waals surface area contributed by atoms with Crippen LogP contribution >= 0.6 is 0 Å². The van der Waals surface area contributed by atoms with Crippen molar-refractivity contribution >= 4 is 50.1 Å². The van der Waals surface area contributed by atoms with Gasteiger partial charge in [-0.2, -0.15) is 0 Å². The molecule has 11 rings (SSSR count). The monoisotopic (exact) mass is 847 g/mol. The molecule has 0 atom stereocenters. The number of rotatable bonds is 8. The zero-order valence-corrected chi connectivity index (χ0v) is 35.6. The zero-order valence-electron chi connectivity index (χ0n) is 32.6. The van der Waals surface area contributed by atoms with Crippen molar-refractivity contribution < 1.29 is 33.9 Å². The van der Waals surface area contributed by atoms with E-state index >= 15 is 0 Å². The molecular weight excluding hydrogens is 816 g/mol. The summed E-state index contributed by atoms with van der Waals surface area (Å²) in [4.78, 5) is 63.0. The Kier molecular flexibility index (Phi) is 9.88. The van der Waals surface area contributed by atoms with Gasteiger partial charge in [0, 0.05) is 68.5 Å². The first-order valence-electron chi connectivity index (χ1n) is 19.6. The molecule has 6 aromatic carbocycles. The largest absolute Gasteiger partial charge is 0.371 e. The minimum atomic E-state index is -0.457. The standard InChI is InChI=1S/C48H33N9O3.Zn/c58-39(60-57(28-29-14-3-1-4-15-29)59-31-17-5-2-6-18-31)27-26-30-16-13-25-38-40(30)48-55-46-37-24-12-11-23-36(37)44(53-46)51-42-33-20-8-7-19-32(33)41(49-42)50-43-34-21-9-10-22-35(34)45(52-43)54-47(38)56-48;/h1-25H,26-28H2,(H2,49,50,51,52,53,54,55,56);. The number of fused-ring (bicyclic) bond motifs is 20. The van der Waals surface area contributed by atoms with Gasteiger partial charge in [-0.1, -0.05) is 140 Å². The molecule has 0 radical (unpaired) electrons. The van der Waals surface area contributed by atoms with Crippen molar-refractivity contribution in [2.24, 2.45) is 0 Å². The predicted octanol–water partition coefficient (Wildman–Crippen LogP) is 9.75. The third kappa shape index (κ3) is 7.20. The Balaban J connectivity index is 0.00000445. The average Bonchev–Trinajstić information content (AvgIpc) is 4.02. The van der Waals surface area contributed by atoms with Crippen LogP contribution in [0, 0.1) is 0 Å². The fourth-order valence-electron chi connectivity index (χ4n) is 7.78. The number of nitrogens with zero attached hydrogens (tertiary/aromatic N) is 7. The van der Waals surface area contributed by atoms with E-state index in [2.05, 4.69) is 9.97 Å². The minimum Gasteiger partial charge on any atom is -0.371 e. The second kappa shape index (κ2) is 15.9. The molecule has 0 saturated carbocycles. The average molecular weight is 849 g/mol. The van der Waals surface area contributed by atoms with E-state index in [1.807, 2.05) is 152 Å². The summed E-state index contributed by atoms with van der Waals surface area (Å²) in [6, 6.07) is 48.8. The number of carbonyl (C=O) groups is 1. The van der Waals surface area contributed by atoms with Gasteiger partial charge in [-0.25, -0.2) is 29.9 Å². The van der Waals surface area contributed by atoms with Gasteiger partial charge in [-0.05, 0) is 29.7 Å². The number of nitrogens with one attached hydrogen (secondary N) is 2. The van der Waals surface area contributed by atoms with E-state index in [1.54, 1.807) is 0 Å². The van der Waals surface area contributed by atoms with Gasteiger partial charge in [-0.3, -0.25) is 4.79 Å². The van der Waals surface area contributed by atoms with Crippen molar-refractivity contribution in [1.29, 1.82) is 0 Å². The Morgan fingerprint density at radius 2 is 0.951 bits per heavy atom. The van der Waals surface area contributed by atoms with Gasteiger partial charge >= 0.3 is 5.97 Å². The zero-order chi connectivity index (χ0) is 40.0. The summed E-state index contributed by atoms with van der Waals surface area (Å²) in [6.07, 6.45) is 0.408. The predicted molar refractivity (Wildman–Crippen MR) is 230 cm³/mol. The molecule has 0 saturated heterocycles. The van der Waals surface area contributed by atoms with Crippen molar-refractivity contribution in [2.45, 2.75) is 19.4 Å². The summed E-state index contributed by atoms with van der Waals surface area (Å²) >= 11 is 0. The molecular formula is C48H33N9O3Zn. The van der Waals surface area contributed by atoms with Crippen LogP contribution < -0.4 is 4.84 Å². The van der Waals surface area contributed by atoms with Crippen molar-refractivity contribution in [3.05, 3.63) is 163 Å². The molecule has 0 spiro atoms. The first-order valence-corrected chi connectivity index (χ1v) is 19.6. The van der Waals surface area contributed by atoms with Crippen LogP contribution in [-0.2, 0) is 42.1 Å². The molecule has 61 heavy (non-hydrogen) atoms. The summed E-state index contributed by atoms with van der Waals surface area (Å²) in [5.74, 6) is 2.15. The van der Waals surface area contributed by atoms with Crippen LogP contribution in [0.5, 0.6) is 5.75 Å². The van der Waals surface area contributed by atoms with E-state index in [4.69, 9.17) is 39.6 Å². The number of para-hydroxylation sites is 1. The van der Waals surface area contributed by atoms with E-state index < -0.39 is 5.97 Å². The second-order valence-electron chi connectivity index (χ2n) is 14.4. The molecule has 2 aliphatic rings. The Morgan fingerprint density at radius 1 is 0.492 bits per heavy atom. The smallest absolute Gasteiger partial charge is 0.329 e. The van der Waals surface area contributed by atoms with Gasteiger partial charge in [0.2, 0.25) is 0 Å². The fourth-order valence-corrected chi connectivity index (χ4v) is 7.78. The molecule has 0 fully saturated rings. The van der Waals surface area contributed by atoms with Gasteiger partial charge < -0.3 is 19.6 Å². The molecule has 3 aromatic heterocycles. The summed E-state index contributed by atoms with van der Waals surface area (Å²) in [5.41, 5.74) is 7.58. The molecule has 0 amide bonds. The maximum atomic E-state index is 13.6. The molecule has 290 valence electrons.